The fourth-order valence-corrected chi connectivity index (χ4v) is 2.18. The molecule has 0 aromatic carbocycles. The quantitative estimate of drug-likeness (QED) is 0.806. The summed E-state index contributed by atoms with van der Waals surface area (Å²) in [6, 6.07) is 0.868. The molecule has 1 aliphatic rings. The van der Waals surface area contributed by atoms with Gasteiger partial charge in [-0.15, -0.1) is 0 Å². The third kappa shape index (κ3) is 3.96. The number of rotatable bonds is 3. The summed E-state index contributed by atoms with van der Waals surface area (Å²) < 4.78 is 41.3. The molecule has 7 heteroatoms. The minimum absolute atomic E-state index is 0.0938. The van der Waals surface area contributed by atoms with Crippen LogP contribution in [0.15, 0.2) is 29.3 Å². The standard InChI is InChI=1S/C14H15F3N2O2/c1-2-13(20)19-7-5-10(6-8-19)3-4-11-9-12(21-18-11)14(15,16)17/h2-4,9-10H,1,5-8H2/b4-3-. The van der Waals surface area contributed by atoms with Crippen LogP contribution in [0.2, 0.25) is 0 Å². The summed E-state index contributed by atoms with van der Waals surface area (Å²) in [6.07, 6.45) is 1.63. The first-order valence-corrected chi connectivity index (χ1v) is 6.53. The van der Waals surface area contributed by atoms with Gasteiger partial charge in [-0.3, -0.25) is 4.79 Å². The van der Waals surface area contributed by atoms with Gasteiger partial charge in [0, 0.05) is 19.2 Å². The average molecular weight is 300 g/mol. The average Bonchev–Trinajstić information content (AvgIpc) is 2.94. The van der Waals surface area contributed by atoms with Gasteiger partial charge in [0.1, 0.15) is 5.69 Å². The number of amides is 1. The highest BCUT2D eigenvalue weighted by Gasteiger charge is 2.35. The van der Waals surface area contributed by atoms with E-state index in [0.717, 1.165) is 18.9 Å². The van der Waals surface area contributed by atoms with Crippen molar-refractivity contribution < 1.29 is 22.5 Å². The van der Waals surface area contributed by atoms with Crippen molar-refractivity contribution in [3.05, 3.63) is 36.3 Å². The zero-order valence-electron chi connectivity index (χ0n) is 11.3. The molecule has 1 aliphatic heterocycles. The lowest BCUT2D eigenvalue weighted by Crippen LogP contribution is -2.36. The molecule has 0 spiro atoms. The summed E-state index contributed by atoms with van der Waals surface area (Å²) in [5, 5.41) is 3.36. The van der Waals surface area contributed by atoms with Gasteiger partial charge in [0.05, 0.1) is 0 Å². The molecule has 1 aromatic rings. The van der Waals surface area contributed by atoms with E-state index in [2.05, 4.69) is 16.3 Å². The highest BCUT2D eigenvalue weighted by atomic mass is 19.4. The number of allylic oxidation sites excluding steroid dienone is 1. The molecule has 0 atom stereocenters. The van der Waals surface area contributed by atoms with E-state index in [1.54, 1.807) is 4.90 Å². The molecule has 1 aromatic heterocycles. The minimum atomic E-state index is -4.52. The zero-order valence-corrected chi connectivity index (χ0v) is 11.3. The Hall–Kier alpha value is -2.05. The van der Waals surface area contributed by atoms with Crippen LogP contribution in [0.25, 0.3) is 6.08 Å². The number of carbonyl (C=O) groups is 1. The van der Waals surface area contributed by atoms with Crippen LogP contribution >= 0.6 is 0 Å². The molecule has 0 aliphatic carbocycles. The number of carbonyl (C=O) groups excluding carboxylic acids is 1. The highest BCUT2D eigenvalue weighted by Crippen LogP contribution is 2.30. The van der Waals surface area contributed by atoms with Gasteiger partial charge in [-0.1, -0.05) is 17.8 Å². The predicted molar refractivity (Wildman–Crippen MR) is 70.0 cm³/mol. The molecular formula is C14H15F3N2O2. The van der Waals surface area contributed by atoms with E-state index >= 15 is 0 Å². The molecular weight excluding hydrogens is 285 g/mol. The molecule has 1 saturated heterocycles. The number of hydrogen-bond donors (Lipinski definition) is 0. The maximum atomic E-state index is 12.3. The van der Waals surface area contributed by atoms with E-state index in [1.165, 1.54) is 12.2 Å². The molecule has 0 unspecified atom stereocenters. The molecule has 1 fully saturated rings. The monoisotopic (exact) mass is 300 g/mol. The Kier molecular flexibility index (Phi) is 4.50. The van der Waals surface area contributed by atoms with Crippen molar-refractivity contribution in [2.45, 2.75) is 19.0 Å². The molecule has 2 heterocycles. The number of likely N-dealkylation sites (tertiary alicyclic amines) is 1. The van der Waals surface area contributed by atoms with Crippen LogP contribution in [-0.4, -0.2) is 29.1 Å². The lowest BCUT2D eigenvalue weighted by atomic mass is 9.96. The molecule has 0 bridgehead atoms. The SMILES string of the molecule is C=CC(=O)N1CCC(/C=C\c2cc(C(F)(F)F)on2)CC1. The Morgan fingerprint density at radius 1 is 1.43 bits per heavy atom. The smallest absolute Gasteiger partial charge is 0.351 e. The van der Waals surface area contributed by atoms with Crippen molar-refractivity contribution in [1.29, 1.82) is 0 Å². The Balaban J connectivity index is 1.90. The first kappa shape index (κ1) is 15.3. The maximum Gasteiger partial charge on any atom is 0.452 e. The van der Waals surface area contributed by atoms with Gasteiger partial charge < -0.3 is 9.42 Å². The van der Waals surface area contributed by atoms with Gasteiger partial charge >= 0.3 is 6.18 Å². The Bertz CT molecular complexity index is 541. The molecule has 21 heavy (non-hydrogen) atoms. The molecule has 2 rings (SSSR count). The van der Waals surface area contributed by atoms with Crippen molar-refractivity contribution in [3.8, 4) is 0 Å². The van der Waals surface area contributed by atoms with Gasteiger partial charge in [0.25, 0.3) is 0 Å². The molecule has 0 radical (unpaired) electrons. The van der Waals surface area contributed by atoms with Crippen LogP contribution in [0.4, 0.5) is 13.2 Å². The number of aromatic nitrogens is 1. The first-order chi connectivity index (χ1) is 9.90. The Morgan fingerprint density at radius 3 is 2.62 bits per heavy atom. The van der Waals surface area contributed by atoms with Gasteiger partial charge in [0.2, 0.25) is 11.7 Å². The summed E-state index contributed by atoms with van der Waals surface area (Å²) in [5.74, 6) is -0.984. The normalized spacial score (nSPS) is 17.4. The van der Waals surface area contributed by atoms with Crippen LogP contribution in [0.5, 0.6) is 0 Å². The minimum Gasteiger partial charge on any atom is -0.351 e. The molecule has 0 N–H and O–H groups in total. The molecule has 0 saturated carbocycles. The van der Waals surface area contributed by atoms with E-state index in [-0.39, 0.29) is 17.5 Å². The van der Waals surface area contributed by atoms with Crippen LogP contribution < -0.4 is 0 Å². The lowest BCUT2D eigenvalue weighted by molar-refractivity contribution is -0.155. The summed E-state index contributed by atoms with van der Waals surface area (Å²) in [6.45, 7) is 4.67. The zero-order chi connectivity index (χ0) is 15.5. The number of alkyl halides is 3. The molecule has 4 nitrogen and oxygen atoms in total. The first-order valence-electron chi connectivity index (χ1n) is 6.53. The van der Waals surface area contributed by atoms with Crippen LogP contribution in [-0.2, 0) is 11.0 Å². The largest absolute Gasteiger partial charge is 0.452 e. The summed E-state index contributed by atoms with van der Waals surface area (Å²) in [5.41, 5.74) is 0.145. The van der Waals surface area contributed by atoms with E-state index in [1.807, 2.05) is 6.08 Å². The second-order valence-corrected chi connectivity index (χ2v) is 4.84. The van der Waals surface area contributed by atoms with E-state index < -0.39 is 11.9 Å². The number of halogens is 3. The van der Waals surface area contributed by atoms with Crippen molar-refractivity contribution in [2.75, 3.05) is 13.1 Å². The third-order valence-electron chi connectivity index (χ3n) is 3.37. The Labute approximate surface area is 119 Å². The van der Waals surface area contributed by atoms with Crippen molar-refractivity contribution in [2.24, 2.45) is 5.92 Å². The van der Waals surface area contributed by atoms with Crippen LogP contribution in [0, 0.1) is 5.92 Å². The lowest BCUT2D eigenvalue weighted by Gasteiger charge is -2.29. The fourth-order valence-electron chi connectivity index (χ4n) is 2.18. The van der Waals surface area contributed by atoms with Crippen LogP contribution in [0.1, 0.15) is 24.3 Å². The highest BCUT2D eigenvalue weighted by molar-refractivity contribution is 5.87. The Morgan fingerprint density at radius 2 is 2.10 bits per heavy atom. The summed E-state index contributed by atoms with van der Waals surface area (Å²) in [4.78, 5) is 13.1. The van der Waals surface area contributed by atoms with Crippen molar-refractivity contribution in [3.63, 3.8) is 0 Å². The third-order valence-corrected chi connectivity index (χ3v) is 3.37. The fraction of sp³-hybridized carbons (Fsp3) is 0.429. The number of nitrogens with zero attached hydrogens (tertiary/aromatic N) is 2. The van der Waals surface area contributed by atoms with E-state index in [4.69, 9.17) is 0 Å². The van der Waals surface area contributed by atoms with Crippen molar-refractivity contribution >= 4 is 12.0 Å². The maximum absolute atomic E-state index is 12.3. The van der Waals surface area contributed by atoms with E-state index in [9.17, 15) is 18.0 Å². The predicted octanol–water partition coefficient (Wildman–Crippen LogP) is 3.13. The number of piperidine rings is 1. The van der Waals surface area contributed by atoms with E-state index in [0.29, 0.717) is 13.1 Å². The second kappa shape index (κ2) is 6.15. The van der Waals surface area contributed by atoms with Gasteiger partial charge in [-0.2, -0.15) is 13.2 Å². The topological polar surface area (TPSA) is 46.3 Å². The summed E-state index contributed by atoms with van der Waals surface area (Å²) >= 11 is 0. The van der Waals surface area contributed by atoms with Gasteiger partial charge in [-0.25, -0.2) is 0 Å². The summed E-state index contributed by atoms with van der Waals surface area (Å²) in [7, 11) is 0. The van der Waals surface area contributed by atoms with Crippen LogP contribution in [0.3, 0.4) is 0 Å². The second-order valence-electron chi connectivity index (χ2n) is 4.84. The number of hydrogen-bond acceptors (Lipinski definition) is 3. The van der Waals surface area contributed by atoms with Gasteiger partial charge in [-0.05, 0) is 30.9 Å². The van der Waals surface area contributed by atoms with Gasteiger partial charge in [0.15, 0.2) is 0 Å². The molecule has 114 valence electrons. The molecule has 1 amide bonds. The van der Waals surface area contributed by atoms with Crippen molar-refractivity contribution in [1.82, 2.24) is 10.1 Å².